The second kappa shape index (κ2) is 10.2. The number of nitrogens with one attached hydrogen (secondary N) is 3. The fourth-order valence-electron chi connectivity index (χ4n) is 6.69. The zero-order valence-corrected chi connectivity index (χ0v) is 22.0. The first kappa shape index (κ1) is 26.8. The Balaban J connectivity index is 1.29. The van der Waals surface area contributed by atoms with Crippen molar-refractivity contribution in [2.45, 2.75) is 50.9 Å². The lowest BCUT2D eigenvalue weighted by molar-refractivity contribution is -0.140. The van der Waals surface area contributed by atoms with Gasteiger partial charge >= 0.3 is 6.18 Å². The van der Waals surface area contributed by atoms with Crippen LogP contribution < -0.4 is 20.7 Å². The summed E-state index contributed by atoms with van der Waals surface area (Å²) in [7, 11) is 1.51. The quantitative estimate of drug-likeness (QED) is 0.336. The van der Waals surface area contributed by atoms with Crippen molar-refractivity contribution in [1.82, 2.24) is 10.6 Å². The van der Waals surface area contributed by atoms with Gasteiger partial charge in [0.05, 0.1) is 24.2 Å². The molecule has 4 aliphatic rings. The monoisotopic (exact) mass is 557 g/mol. The first-order valence-electron chi connectivity index (χ1n) is 13.7. The smallest absolute Gasteiger partial charge is 0.419 e. The molecule has 2 aromatic rings. The maximum atomic E-state index is 13.8. The fourth-order valence-corrected chi connectivity index (χ4v) is 6.69. The van der Waals surface area contributed by atoms with E-state index in [0.717, 1.165) is 61.4 Å². The topological polar surface area (TPSA) is 79.5 Å². The van der Waals surface area contributed by atoms with E-state index < -0.39 is 35.4 Å². The normalized spacial score (nSPS) is 26.5. The summed E-state index contributed by atoms with van der Waals surface area (Å²) >= 11 is 0. The predicted octanol–water partition coefficient (Wildman–Crippen LogP) is 5.23. The Morgan fingerprint density at radius 2 is 1.82 bits per heavy atom. The van der Waals surface area contributed by atoms with Crippen LogP contribution in [-0.2, 0) is 23.9 Å². The summed E-state index contributed by atoms with van der Waals surface area (Å²) in [5.74, 6) is -2.13. The SMILES string of the molecule is COc1cc2c(cc1C(=O)N[C@H]1[C@@H](C(=O)Nc3ccc(F)c(C(F)(F)F)c3)[C@H]3CC[C@@H]1/C3=C\C1CC1)CCNC2. The summed E-state index contributed by atoms with van der Waals surface area (Å²) < 4.78 is 59.2. The van der Waals surface area contributed by atoms with E-state index >= 15 is 0 Å². The molecule has 0 aromatic heterocycles. The van der Waals surface area contributed by atoms with E-state index in [2.05, 4.69) is 22.0 Å². The molecule has 0 spiro atoms. The molecule has 212 valence electrons. The molecule has 0 saturated heterocycles. The van der Waals surface area contributed by atoms with Gasteiger partial charge in [0.25, 0.3) is 5.91 Å². The number of benzene rings is 2. The van der Waals surface area contributed by atoms with Gasteiger partial charge in [0, 0.05) is 24.2 Å². The van der Waals surface area contributed by atoms with Crippen molar-refractivity contribution in [3.05, 3.63) is 70.1 Å². The van der Waals surface area contributed by atoms with Crippen molar-refractivity contribution in [3.8, 4) is 5.75 Å². The van der Waals surface area contributed by atoms with Crippen molar-refractivity contribution >= 4 is 17.5 Å². The molecule has 2 amide bonds. The van der Waals surface area contributed by atoms with E-state index in [1.165, 1.54) is 7.11 Å². The Morgan fingerprint density at radius 1 is 1.05 bits per heavy atom. The highest BCUT2D eigenvalue weighted by Gasteiger charge is 2.55. The second-order valence-electron chi connectivity index (χ2n) is 11.2. The number of carbonyl (C=O) groups excluding carboxylic acids is 2. The third-order valence-electron chi connectivity index (χ3n) is 8.74. The maximum absolute atomic E-state index is 13.8. The molecule has 6 rings (SSSR count). The Bertz CT molecular complexity index is 1380. The van der Waals surface area contributed by atoms with E-state index in [-0.39, 0.29) is 23.4 Å². The standard InChI is InChI=1S/C30H31F4N3O3/c1-40-25-12-17-14-35-9-8-16(17)11-22(25)28(38)37-27-20-6-5-19(21(20)10-15-2-3-15)26(27)29(39)36-18-4-7-24(31)23(13-18)30(32,33)34/h4,7,10-13,15,19-20,26-27,35H,2-3,5-6,8-9,14H2,1H3,(H,36,39)(H,37,38)/b21-10-/t19-,20+,26-,27+/m0/s1. The summed E-state index contributed by atoms with van der Waals surface area (Å²) in [6, 6.07) is 5.63. The fraction of sp³-hybridized carbons (Fsp3) is 0.467. The van der Waals surface area contributed by atoms with Gasteiger partial charge in [-0.1, -0.05) is 11.6 Å². The van der Waals surface area contributed by atoms with Gasteiger partial charge in [0.15, 0.2) is 0 Å². The number of amides is 2. The zero-order chi connectivity index (χ0) is 28.2. The Hall–Kier alpha value is -3.40. The number of anilines is 1. The van der Waals surface area contributed by atoms with E-state index in [4.69, 9.17) is 4.74 Å². The van der Waals surface area contributed by atoms with Crippen LogP contribution in [0.1, 0.15) is 52.7 Å². The number of halogens is 4. The average molecular weight is 558 g/mol. The van der Waals surface area contributed by atoms with Crippen LogP contribution >= 0.6 is 0 Å². The molecule has 1 heterocycles. The molecule has 1 aliphatic heterocycles. The highest BCUT2D eigenvalue weighted by atomic mass is 19.4. The van der Waals surface area contributed by atoms with Crippen LogP contribution in [0, 0.1) is 29.5 Å². The summed E-state index contributed by atoms with van der Waals surface area (Å²) in [6.45, 7) is 1.50. The highest BCUT2D eigenvalue weighted by Crippen LogP contribution is 2.54. The van der Waals surface area contributed by atoms with Crippen molar-refractivity contribution in [1.29, 1.82) is 0 Å². The van der Waals surface area contributed by atoms with Crippen LogP contribution in [-0.4, -0.2) is 31.5 Å². The van der Waals surface area contributed by atoms with Crippen LogP contribution in [0.3, 0.4) is 0 Å². The molecule has 6 nitrogen and oxygen atoms in total. The summed E-state index contributed by atoms with van der Waals surface area (Å²) in [4.78, 5) is 27.3. The first-order valence-corrected chi connectivity index (χ1v) is 13.7. The lowest BCUT2D eigenvalue weighted by atomic mass is 9.83. The van der Waals surface area contributed by atoms with Crippen LogP contribution in [0.25, 0.3) is 0 Å². The highest BCUT2D eigenvalue weighted by molar-refractivity contribution is 5.99. The number of carbonyl (C=O) groups is 2. The molecular formula is C30H31F4N3O3. The van der Waals surface area contributed by atoms with Gasteiger partial charge in [0.2, 0.25) is 5.91 Å². The summed E-state index contributed by atoms with van der Waals surface area (Å²) in [6.07, 6.45) is 1.89. The number of alkyl halides is 3. The third-order valence-corrected chi connectivity index (χ3v) is 8.74. The number of allylic oxidation sites excluding steroid dienone is 1. The number of methoxy groups -OCH3 is 1. The molecule has 3 fully saturated rings. The predicted molar refractivity (Wildman–Crippen MR) is 140 cm³/mol. The van der Waals surface area contributed by atoms with E-state index in [1.807, 2.05) is 12.1 Å². The van der Waals surface area contributed by atoms with Gasteiger partial charge in [-0.25, -0.2) is 4.39 Å². The Labute approximate surface area is 229 Å². The number of hydrogen-bond donors (Lipinski definition) is 3. The molecule has 3 saturated carbocycles. The molecule has 3 N–H and O–H groups in total. The van der Waals surface area contributed by atoms with Crippen molar-refractivity contribution in [2.24, 2.45) is 23.7 Å². The molecule has 0 unspecified atom stereocenters. The number of rotatable bonds is 6. The molecule has 0 radical (unpaired) electrons. The number of fused-ring (bicyclic) bond motifs is 3. The van der Waals surface area contributed by atoms with Crippen LogP contribution in [0.5, 0.6) is 5.75 Å². The first-order chi connectivity index (χ1) is 19.1. The van der Waals surface area contributed by atoms with E-state index in [9.17, 15) is 27.2 Å². The van der Waals surface area contributed by atoms with Crippen LogP contribution in [0.15, 0.2) is 42.0 Å². The number of hydrogen-bond acceptors (Lipinski definition) is 4. The molecule has 3 aliphatic carbocycles. The van der Waals surface area contributed by atoms with Crippen molar-refractivity contribution in [2.75, 3.05) is 19.0 Å². The average Bonchev–Trinajstić information content (AvgIpc) is 3.60. The molecule has 2 aromatic carbocycles. The van der Waals surface area contributed by atoms with Gasteiger partial charge in [-0.3, -0.25) is 9.59 Å². The minimum Gasteiger partial charge on any atom is -0.496 e. The van der Waals surface area contributed by atoms with E-state index in [1.54, 1.807) is 0 Å². The summed E-state index contributed by atoms with van der Waals surface area (Å²) in [5, 5.41) is 9.01. The van der Waals surface area contributed by atoms with Crippen molar-refractivity contribution < 1.29 is 31.9 Å². The molecule has 10 heteroatoms. The Kier molecular flexibility index (Phi) is 6.84. The Morgan fingerprint density at radius 3 is 2.55 bits per heavy atom. The molecule has 4 atom stereocenters. The number of ether oxygens (including phenoxy) is 1. The van der Waals surface area contributed by atoms with E-state index in [0.29, 0.717) is 35.9 Å². The van der Waals surface area contributed by atoms with Gasteiger partial charge in [0.1, 0.15) is 11.6 Å². The zero-order valence-electron chi connectivity index (χ0n) is 22.0. The molecular weight excluding hydrogens is 526 g/mol. The van der Waals surface area contributed by atoms with Gasteiger partial charge in [-0.15, -0.1) is 0 Å². The van der Waals surface area contributed by atoms with Crippen LogP contribution in [0.4, 0.5) is 23.2 Å². The van der Waals surface area contributed by atoms with Gasteiger partial charge in [-0.05, 0) is 91.9 Å². The third kappa shape index (κ3) is 4.98. The lowest BCUT2D eigenvalue weighted by Crippen LogP contribution is -2.48. The molecule has 40 heavy (non-hydrogen) atoms. The maximum Gasteiger partial charge on any atom is 0.419 e. The van der Waals surface area contributed by atoms with Gasteiger partial charge in [-0.2, -0.15) is 13.2 Å². The lowest BCUT2D eigenvalue weighted by Gasteiger charge is -2.30. The van der Waals surface area contributed by atoms with Crippen molar-refractivity contribution in [3.63, 3.8) is 0 Å². The van der Waals surface area contributed by atoms with Crippen LogP contribution in [0.2, 0.25) is 0 Å². The van der Waals surface area contributed by atoms with Gasteiger partial charge < -0.3 is 20.7 Å². The minimum atomic E-state index is -4.89. The largest absolute Gasteiger partial charge is 0.496 e. The summed E-state index contributed by atoms with van der Waals surface area (Å²) in [5.41, 5.74) is 2.12. The molecule has 2 bridgehead atoms. The second-order valence-corrected chi connectivity index (χ2v) is 11.2. The minimum absolute atomic E-state index is 0.0305.